The van der Waals surface area contributed by atoms with Gasteiger partial charge in [-0.25, -0.2) is 0 Å². The average molecular weight is 448 g/mol. The third-order valence-electron chi connectivity index (χ3n) is 6.47. The minimum absolute atomic E-state index is 0.000995. The Morgan fingerprint density at radius 2 is 1.87 bits per heavy atom. The molecule has 4 rings (SSSR count). The monoisotopic (exact) mass is 447 g/mol. The van der Waals surface area contributed by atoms with Crippen LogP contribution in [0.1, 0.15) is 43.0 Å². The summed E-state index contributed by atoms with van der Waals surface area (Å²) in [6.45, 7) is 6.92. The second-order valence-electron chi connectivity index (χ2n) is 8.64. The van der Waals surface area contributed by atoms with Crippen LogP contribution < -0.4 is 10.6 Å². The standard InChI is InChI=1S/C22H30ClN5O3/c1-2-8-26-10-12-27(13-11-26)20(30)15-28-9-7-22(6-5-19(28)29)24-18-4-3-16(23)14-17(18)21(31)25-22/h3-4,14,24H,2,5-13,15H2,1H3,(H,25,31)/t22-/m0/s1. The summed E-state index contributed by atoms with van der Waals surface area (Å²) in [5, 5.41) is 6.96. The number of likely N-dealkylation sites (tertiary alicyclic amines) is 1. The van der Waals surface area contributed by atoms with Crippen molar-refractivity contribution in [2.75, 3.05) is 51.1 Å². The number of piperazine rings is 1. The molecule has 1 atom stereocenters. The van der Waals surface area contributed by atoms with Crippen LogP contribution in [0.4, 0.5) is 5.69 Å². The number of nitrogens with one attached hydrogen (secondary N) is 2. The number of halogens is 1. The van der Waals surface area contributed by atoms with Crippen LogP contribution in [0.5, 0.6) is 0 Å². The molecule has 2 saturated heterocycles. The molecule has 0 bridgehead atoms. The van der Waals surface area contributed by atoms with E-state index in [1.165, 1.54) is 0 Å². The van der Waals surface area contributed by atoms with Crippen molar-refractivity contribution in [2.45, 2.75) is 38.3 Å². The largest absolute Gasteiger partial charge is 0.362 e. The van der Waals surface area contributed by atoms with E-state index in [9.17, 15) is 14.4 Å². The van der Waals surface area contributed by atoms with E-state index in [4.69, 9.17) is 11.6 Å². The third kappa shape index (κ3) is 4.80. The van der Waals surface area contributed by atoms with E-state index in [0.29, 0.717) is 43.1 Å². The first-order valence-electron chi connectivity index (χ1n) is 11.1. The fraction of sp³-hybridized carbons (Fsp3) is 0.591. The van der Waals surface area contributed by atoms with E-state index in [0.717, 1.165) is 31.7 Å². The molecule has 0 unspecified atom stereocenters. The molecule has 168 valence electrons. The lowest BCUT2D eigenvalue weighted by Crippen LogP contribution is -2.58. The molecule has 1 aromatic rings. The molecule has 3 aliphatic heterocycles. The van der Waals surface area contributed by atoms with Crippen molar-refractivity contribution >= 4 is 35.0 Å². The van der Waals surface area contributed by atoms with E-state index >= 15 is 0 Å². The zero-order valence-corrected chi connectivity index (χ0v) is 18.7. The lowest BCUT2D eigenvalue weighted by molar-refractivity contribution is -0.141. The molecule has 1 spiro atoms. The Bertz CT molecular complexity index is 871. The molecular formula is C22H30ClN5O3. The quantitative estimate of drug-likeness (QED) is 0.734. The van der Waals surface area contributed by atoms with Crippen LogP contribution >= 0.6 is 11.6 Å². The van der Waals surface area contributed by atoms with Gasteiger partial charge in [0.15, 0.2) is 0 Å². The summed E-state index contributed by atoms with van der Waals surface area (Å²) in [5.74, 6) is -0.243. The first-order chi connectivity index (χ1) is 14.9. The number of rotatable bonds is 4. The highest BCUT2D eigenvalue weighted by molar-refractivity contribution is 6.31. The molecule has 1 aromatic carbocycles. The number of hydrogen-bond acceptors (Lipinski definition) is 5. The molecular weight excluding hydrogens is 418 g/mol. The van der Waals surface area contributed by atoms with Gasteiger partial charge in [0.1, 0.15) is 5.66 Å². The van der Waals surface area contributed by atoms with Crippen molar-refractivity contribution in [2.24, 2.45) is 0 Å². The zero-order valence-electron chi connectivity index (χ0n) is 18.0. The van der Waals surface area contributed by atoms with Crippen LogP contribution in [0.2, 0.25) is 5.02 Å². The van der Waals surface area contributed by atoms with Crippen LogP contribution in [-0.2, 0) is 9.59 Å². The Morgan fingerprint density at radius 3 is 2.61 bits per heavy atom. The third-order valence-corrected chi connectivity index (χ3v) is 6.71. The summed E-state index contributed by atoms with van der Waals surface area (Å²) < 4.78 is 0. The molecule has 0 aromatic heterocycles. The van der Waals surface area contributed by atoms with Gasteiger partial charge in [0, 0.05) is 56.3 Å². The van der Waals surface area contributed by atoms with Gasteiger partial charge in [-0.05, 0) is 37.6 Å². The molecule has 3 heterocycles. The van der Waals surface area contributed by atoms with E-state index in [2.05, 4.69) is 22.5 Å². The summed E-state index contributed by atoms with van der Waals surface area (Å²) >= 11 is 6.02. The molecule has 3 amide bonds. The second-order valence-corrected chi connectivity index (χ2v) is 9.08. The normalized spacial score (nSPS) is 24.5. The van der Waals surface area contributed by atoms with E-state index < -0.39 is 5.66 Å². The van der Waals surface area contributed by atoms with E-state index in [1.54, 1.807) is 23.1 Å². The highest BCUT2D eigenvalue weighted by Gasteiger charge is 2.41. The Labute approximate surface area is 187 Å². The minimum atomic E-state index is -0.697. The maximum absolute atomic E-state index is 12.8. The van der Waals surface area contributed by atoms with Crippen molar-refractivity contribution in [3.63, 3.8) is 0 Å². The molecule has 2 fully saturated rings. The first kappa shape index (κ1) is 21.9. The Kier molecular flexibility index (Phi) is 6.39. The van der Waals surface area contributed by atoms with Crippen molar-refractivity contribution in [3.8, 4) is 0 Å². The molecule has 9 heteroatoms. The predicted molar refractivity (Wildman–Crippen MR) is 119 cm³/mol. The van der Waals surface area contributed by atoms with Gasteiger partial charge < -0.3 is 20.4 Å². The lowest BCUT2D eigenvalue weighted by Gasteiger charge is -2.40. The van der Waals surface area contributed by atoms with Crippen LogP contribution in [-0.4, -0.2) is 83.9 Å². The second kappa shape index (κ2) is 9.04. The predicted octanol–water partition coefficient (Wildman–Crippen LogP) is 1.76. The number of benzene rings is 1. The van der Waals surface area contributed by atoms with Crippen LogP contribution in [0.15, 0.2) is 18.2 Å². The van der Waals surface area contributed by atoms with E-state index in [-0.39, 0.29) is 30.7 Å². The molecule has 0 aliphatic carbocycles. The summed E-state index contributed by atoms with van der Waals surface area (Å²) in [6.07, 6.45) is 2.39. The molecule has 31 heavy (non-hydrogen) atoms. The zero-order chi connectivity index (χ0) is 22.0. The minimum Gasteiger partial charge on any atom is -0.362 e. The van der Waals surface area contributed by atoms with Crippen molar-refractivity contribution in [1.29, 1.82) is 0 Å². The molecule has 0 saturated carbocycles. The molecule has 3 aliphatic rings. The number of fused-ring (bicyclic) bond motifs is 1. The molecule has 8 nitrogen and oxygen atoms in total. The van der Waals surface area contributed by atoms with Crippen molar-refractivity contribution in [1.82, 2.24) is 20.0 Å². The van der Waals surface area contributed by atoms with Crippen LogP contribution in [0, 0.1) is 0 Å². The summed E-state index contributed by atoms with van der Waals surface area (Å²) in [5.41, 5.74) is 0.523. The number of carbonyl (C=O) groups is 3. The summed E-state index contributed by atoms with van der Waals surface area (Å²) in [7, 11) is 0. The van der Waals surface area contributed by atoms with Gasteiger partial charge in [-0.2, -0.15) is 0 Å². The van der Waals surface area contributed by atoms with Crippen LogP contribution in [0.3, 0.4) is 0 Å². The van der Waals surface area contributed by atoms with Gasteiger partial charge in [0.2, 0.25) is 11.8 Å². The number of hydrogen-bond donors (Lipinski definition) is 2. The maximum Gasteiger partial charge on any atom is 0.255 e. The fourth-order valence-electron chi connectivity index (χ4n) is 4.66. The number of nitrogens with zero attached hydrogens (tertiary/aromatic N) is 3. The average Bonchev–Trinajstić information content (AvgIpc) is 2.89. The maximum atomic E-state index is 12.8. The topological polar surface area (TPSA) is 85.0 Å². The van der Waals surface area contributed by atoms with Gasteiger partial charge in [-0.15, -0.1) is 0 Å². The van der Waals surface area contributed by atoms with Crippen molar-refractivity contribution in [3.05, 3.63) is 28.8 Å². The Hall–Kier alpha value is -2.32. The van der Waals surface area contributed by atoms with E-state index in [1.807, 2.05) is 4.90 Å². The molecule has 0 radical (unpaired) electrons. The van der Waals surface area contributed by atoms with Gasteiger partial charge in [0.05, 0.1) is 12.1 Å². The van der Waals surface area contributed by atoms with Crippen LogP contribution in [0.25, 0.3) is 0 Å². The highest BCUT2D eigenvalue weighted by atomic mass is 35.5. The highest BCUT2D eigenvalue weighted by Crippen LogP contribution is 2.33. The molecule has 2 N–H and O–H groups in total. The Morgan fingerprint density at radius 1 is 1.10 bits per heavy atom. The first-order valence-corrected chi connectivity index (χ1v) is 11.4. The lowest BCUT2D eigenvalue weighted by atomic mass is 9.95. The van der Waals surface area contributed by atoms with Gasteiger partial charge in [-0.1, -0.05) is 18.5 Å². The number of amides is 3. The summed E-state index contributed by atoms with van der Waals surface area (Å²) in [4.78, 5) is 44.1. The Balaban J connectivity index is 1.38. The fourth-order valence-corrected chi connectivity index (χ4v) is 4.83. The van der Waals surface area contributed by atoms with Crippen molar-refractivity contribution < 1.29 is 14.4 Å². The van der Waals surface area contributed by atoms with Gasteiger partial charge >= 0.3 is 0 Å². The number of anilines is 1. The SMILES string of the molecule is CCCN1CCN(C(=O)CN2CC[C@]3(CCC2=O)NC(=O)c2cc(Cl)ccc2N3)CC1. The van der Waals surface area contributed by atoms with Gasteiger partial charge in [-0.3, -0.25) is 19.3 Å². The van der Waals surface area contributed by atoms with Gasteiger partial charge in [0.25, 0.3) is 5.91 Å². The summed E-state index contributed by atoms with van der Waals surface area (Å²) in [6, 6.07) is 5.18. The smallest absolute Gasteiger partial charge is 0.255 e. The number of carbonyl (C=O) groups excluding carboxylic acids is 3.